The van der Waals surface area contributed by atoms with E-state index in [0.717, 1.165) is 61.7 Å². The standard InChI is InChI=1S/C26H37N3O2.ClH/c1-5-11-25(28-18-8-9-19-28)29(23-12-10-13-24(20-23)31-4)22-16-14-21(15-17-22)26(30)27(6-2)7-3;/h10,12-17,20,25H,5-9,11,18-19H2,1-4H3;1H. The quantitative estimate of drug-likeness (QED) is 0.439. The van der Waals surface area contributed by atoms with Crippen LogP contribution in [0.15, 0.2) is 48.5 Å². The maximum atomic E-state index is 12.8. The summed E-state index contributed by atoms with van der Waals surface area (Å²) in [7, 11) is 1.71. The molecular formula is C26H38ClN3O2. The number of ether oxygens (including phenoxy) is 1. The van der Waals surface area contributed by atoms with Crippen molar-refractivity contribution >= 4 is 29.7 Å². The van der Waals surface area contributed by atoms with E-state index in [2.05, 4.69) is 41.0 Å². The van der Waals surface area contributed by atoms with E-state index in [1.165, 1.54) is 12.8 Å². The van der Waals surface area contributed by atoms with Crippen LogP contribution in [0.3, 0.4) is 0 Å². The van der Waals surface area contributed by atoms with E-state index < -0.39 is 0 Å². The van der Waals surface area contributed by atoms with E-state index in [4.69, 9.17) is 4.74 Å². The maximum absolute atomic E-state index is 12.8. The van der Waals surface area contributed by atoms with Gasteiger partial charge in [0.2, 0.25) is 0 Å². The van der Waals surface area contributed by atoms with Crippen LogP contribution in [0.5, 0.6) is 5.75 Å². The Balaban J connectivity index is 0.00000363. The van der Waals surface area contributed by atoms with Gasteiger partial charge >= 0.3 is 0 Å². The summed E-state index contributed by atoms with van der Waals surface area (Å²) in [6.07, 6.45) is 4.98. The van der Waals surface area contributed by atoms with Gasteiger partial charge < -0.3 is 14.5 Å². The molecule has 0 bridgehead atoms. The molecule has 0 saturated carbocycles. The molecule has 6 heteroatoms. The van der Waals surface area contributed by atoms with Crippen molar-refractivity contribution in [2.75, 3.05) is 38.2 Å². The highest BCUT2D eigenvalue weighted by Crippen LogP contribution is 2.34. The highest BCUT2D eigenvalue weighted by Gasteiger charge is 2.28. The largest absolute Gasteiger partial charge is 0.497 e. The molecule has 1 atom stereocenters. The van der Waals surface area contributed by atoms with Gasteiger partial charge in [0, 0.05) is 49.2 Å². The number of hydrogen-bond acceptors (Lipinski definition) is 4. The first kappa shape index (κ1) is 26.0. The van der Waals surface area contributed by atoms with Crippen LogP contribution in [-0.4, -0.2) is 55.2 Å². The van der Waals surface area contributed by atoms with Crippen LogP contribution in [0.2, 0.25) is 0 Å². The van der Waals surface area contributed by atoms with Crippen LogP contribution in [0.1, 0.15) is 56.8 Å². The molecule has 32 heavy (non-hydrogen) atoms. The molecule has 5 nitrogen and oxygen atoms in total. The van der Waals surface area contributed by atoms with E-state index in [1.54, 1.807) is 7.11 Å². The highest BCUT2D eigenvalue weighted by atomic mass is 35.5. The summed E-state index contributed by atoms with van der Waals surface area (Å²) in [4.78, 5) is 19.6. The van der Waals surface area contributed by atoms with E-state index >= 15 is 0 Å². The van der Waals surface area contributed by atoms with E-state index in [0.29, 0.717) is 0 Å². The van der Waals surface area contributed by atoms with Crippen molar-refractivity contribution < 1.29 is 9.53 Å². The molecule has 0 radical (unpaired) electrons. The monoisotopic (exact) mass is 459 g/mol. The van der Waals surface area contributed by atoms with Gasteiger partial charge in [-0.3, -0.25) is 9.69 Å². The Bertz CT molecular complexity index is 833. The van der Waals surface area contributed by atoms with Crippen LogP contribution in [0, 0.1) is 0 Å². The van der Waals surface area contributed by atoms with Crippen molar-refractivity contribution in [3.05, 3.63) is 54.1 Å². The third-order valence-electron chi connectivity index (χ3n) is 6.18. The van der Waals surface area contributed by atoms with Crippen LogP contribution >= 0.6 is 12.4 Å². The average molecular weight is 460 g/mol. The number of amides is 1. The summed E-state index contributed by atoms with van der Waals surface area (Å²) in [5.74, 6) is 0.946. The molecule has 0 aromatic heterocycles. The maximum Gasteiger partial charge on any atom is 0.253 e. The lowest BCUT2D eigenvalue weighted by Crippen LogP contribution is -2.45. The molecule has 1 fully saturated rings. The molecular weight excluding hydrogens is 422 g/mol. The van der Waals surface area contributed by atoms with Crippen molar-refractivity contribution in [3.63, 3.8) is 0 Å². The van der Waals surface area contributed by atoms with Crippen molar-refractivity contribution in [3.8, 4) is 5.75 Å². The Morgan fingerprint density at radius 2 is 1.66 bits per heavy atom. The number of methoxy groups -OCH3 is 1. The minimum absolute atomic E-state index is 0. The van der Waals surface area contributed by atoms with Gasteiger partial charge in [0.1, 0.15) is 5.75 Å². The number of hydrogen-bond donors (Lipinski definition) is 0. The van der Waals surface area contributed by atoms with Crippen LogP contribution < -0.4 is 9.64 Å². The van der Waals surface area contributed by atoms with Gasteiger partial charge in [-0.15, -0.1) is 12.4 Å². The van der Waals surface area contributed by atoms with Gasteiger partial charge in [-0.25, -0.2) is 0 Å². The Morgan fingerprint density at radius 1 is 1.00 bits per heavy atom. The van der Waals surface area contributed by atoms with Gasteiger partial charge in [-0.2, -0.15) is 0 Å². The summed E-state index contributed by atoms with van der Waals surface area (Å²) in [5.41, 5.74) is 2.97. The van der Waals surface area contributed by atoms with Crippen molar-refractivity contribution in [2.45, 2.75) is 52.6 Å². The normalized spacial score (nSPS) is 14.5. The van der Waals surface area contributed by atoms with Crippen LogP contribution in [0.4, 0.5) is 11.4 Å². The zero-order valence-electron chi connectivity index (χ0n) is 19.9. The Labute approximate surface area is 199 Å². The second-order valence-electron chi connectivity index (χ2n) is 8.11. The number of benzene rings is 2. The minimum Gasteiger partial charge on any atom is -0.497 e. The number of nitrogens with zero attached hydrogens (tertiary/aromatic N) is 3. The van der Waals surface area contributed by atoms with Gasteiger partial charge in [-0.1, -0.05) is 19.4 Å². The Morgan fingerprint density at radius 3 is 2.22 bits per heavy atom. The summed E-state index contributed by atoms with van der Waals surface area (Å²) < 4.78 is 5.52. The van der Waals surface area contributed by atoms with Crippen molar-refractivity contribution in [1.29, 1.82) is 0 Å². The predicted molar refractivity (Wildman–Crippen MR) is 136 cm³/mol. The lowest BCUT2D eigenvalue weighted by atomic mass is 10.1. The van der Waals surface area contributed by atoms with Crippen molar-refractivity contribution in [1.82, 2.24) is 9.80 Å². The fourth-order valence-corrected chi connectivity index (χ4v) is 4.48. The third-order valence-corrected chi connectivity index (χ3v) is 6.18. The number of carbonyl (C=O) groups excluding carboxylic acids is 1. The van der Waals surface area contributed by atoms with Gasteiger partial charge in [0.15, 0.2) is 0 Å². The molecule has 176 valence electrons. The molecule has 2 aromatic rings. The molecule has 1 unspecified atom stereocenters. The molecule has 0 aliphatic carbocycles. The van der Waals surface area contributed by atoms with Gasteiger partial charge in [0.05, 0.1) is 13.3 Å². The van der Waals surface area contributed by atoms with E-state index in [9.17, 15) is 4.79 Å². The molecule has 1 aliphatic rings. The summed E-state index contributed by atoms with van der Waals surface area (Å²) >= 11 is 0. The smallest absolute Gasteiger partial charge is 0.253 e. The molecule has 3 rings (SSSR count). The number of anilines is 2. The molecule has 1 saturated heterocycles. The van der Waals surface area contributed by atoms with E-state index in [-0.39, 0.29) is 24.5 Å². The Kier molecular flexibility index (Phi) is 10.3. The first-order valence-corrected chi connectivity index (χ1v) is 11.7. The number of likely N-dealkylation sites (tertiary alicyclic amines) is 1. The molecule has 1 aliphatic heterocycles. The second kappa shape index (κ2) is 12.7. The number of halogens is 1. The van der Waals surface area contributed by atoms with Gasteiger partial charge in [-0.05, 0) is 69.5 Å². The van der Waals surface area contributed by atoms with E-state index in [1.807, 2.05) is 43.0 Å². The zero-order chi connectivity index (χ0) is 22.2. The summed E-state index contributed by atoms with van der Waals surface area (Å²) in [6.45, 7) is 9.99. The van der Waals surface area contributed by atoms with Crippen molar-refractivity contribution in [2.24, 2.45) is 0 Å². The fourth-order valence-electron chi connectivity index (χ4n) is 4.48. The highest BCUT2D eigenvalue weighted by molar-refractivity contribution is 5.94. The SMILES string of the molecule is CCCC(N1CCCC1)N(c1ccc(C(=O)N(CC)CC)cc1)c1cccc(OC)c1.Cl. The Hall–Kier alpha value is -2.24. The average Bonchev–Trinajstić information content (AvgIpc) is 3.35. The second-order valence-corrected chi connectivity index (χ2v) is 8.11. The summed E-state index contributed by atoms with van der Waals surface area (Å²) in [5, 5.41) is 0. The molecule has 1 heterocycles. The summed E-state index contributed by atoms with van der Waals surface area (Å²) in [6, 6.07) is 16.4. The number of rotatable bonds is 10. The molecule has 0 N–H and O–H groups in total. The third kappa shape index (κ3) is 5.96. The topological polar surface area (TPSA) is 36.0 Å². The lowest BCUT2D eigenvalue weighted by Gasteiger charge is -2.39. The minimum atomic E-state index is 0. The van der Waals surface area contributed by atoms with Crippen LogP contribution in [0.25, 0.3) is 0 Å². The first-order chi connectivity index (χ1) is 15.1. The zero-order valence-corrected chi connectivity index (χ0v) is 20.7. The molecule has 2 aromatic carbocycles. The lowest BCUT2D eigenvalue weighted by molar-refractivity contribution is 0.0773. The first-order valence-electron chi connectivity index (χ1n) is 11.7. The molecule has 0 spiro atoms. The van der Waals surface area contributed by atoms with Crippen LogP contribution in [-0.2, 0) is 0 Å². The number of carbonyl (C=O) groups is 1. The fraction of sp³-hybridized carbons (Fsp3) is 0.500. The predicted octanol–water partition coefficient (Wildman–Crippen LogP) is 5.96. The molecule has 1 amide bonds. The van der Waals surface area contributed by atoms with Gasteiger partial charge in [0.25, 0.3) is 5.91 Å².